The van der Waals surface area contributed by atoms with Crippen molar-refractivity contribution in [3.63, 3.8) is 0 Å². The Morgan fingerprint density at radius 1 is 1.12 bits per heavy atom. The van der Waals surface area contributed by atoms with Crippen molar-refractivity contribution < 1.29 is 19.4 Å². The molecule has 0 radical (unpaired) electrons. The van der Waals surface area contributed by atoms with E-state index in [-0.39, 0.29) is 23.8 Å². The number of aliphatic carboxylic acids is 1. The van der Waals surface area contributed by atoms with E-state index >= 15 is 0 Å². The van der Waals surface area contributed by atoms with Crippen LogP contribution in [0.4, 0.5) is 0 Å². The van der Waals surface area contributed by atoms with Gasteiger partial charge in [-0.15, -0.1) is 0 Å². The molecule has 1 aliphatic heterocycles. The van der Waals surface area contributed by atoms with E-state index < -0.39 is 5.97 Å². The van der Waals surface area contributed by atoms with Crippen molar-refractivity contribution in [1.29, 1.82) is 0 Å². The molecule has 1 saturated heterocycles. The molecule has 0 aromatic rings. The van der Waals surface area contributed by atoms with E-state index in [9.17, 15) is 9.59 Å². The number of carboxylic acid groups (broad SMARTS) is 1. The highest BCUT2D eigenvalue weighted by atomic mass is 16.5. The van der Waals surface area contributed by atoms with Gasteiger partial charge < -0.3 is 15.2 Å². The van der Waals surface area contributed by atoms with Gasteiger partial charge in [0.05, 0.1) is 5.92 Å². The molecule has 1 amide bonds. The first-order chi connectivity index (χ1) is 7.66. The van der Waals surface area contributed by atoms with Crippen molar-refractivity contribution in [1.82, 2.24) is 5.32 Å². The van der Waals surface area contributed by atoms with Gasteiger partial charge in [0.15, 0.2) is 0 Å². The first-order valence-corrected chi connectivity index (χ1v) is 5.77. The van der Waals surface area contributed by atoms with Crippen molar-refractivity contribution in [2.75, 3.05) is 13.2 Å². The molecule has 2 rings (SSSR count). The number of ether oxygens (including phenoxy) is 1. The van der Waals surface area contributed by atoms with Crippen LogP contribution in [0.2, 0.25) is 0 Å². The fourth-order valence-corrected chi connectivity index (χ4v) is 2.22. The Morgan fingerprint density at radius 3 is 2.31 bits per heavy atom. The van der Waals surface area contributed by atoms with E-state index in [2.05, 4.69) is 5.32 Å². The van der Waals surface area contributed by atoms with Crippen molar-refractivity contribution in [3.8, 4) is 0 Å². The summed E-state index contributed by atoms with van der Waals surface area (Å²) < 4.78 is 5.19. The van der Waals surface area contributed by atoms with Crippen LogP contribution in [0, 0.1) is 11.8 Å². The highest BCUT2D eigenvalue weighted by Gasteiger charge is 2.36. The number of amides is 1. The van der Waals surface area contributed by atoms with E-state index in [1.165, 1.54) is 0 Å². The summed E-state index contributed by atoms with van der Waals surface area (Å²) in [5.74, 6) is -0.897. The zero-order chi connectivity index (χ0) is 11.5. The zero-order valence-corrected chi connectivity index (χ0v) is 9.15. The Labute approximate surface area is 94.2 Å². The predicted octanol–water partition coefficient (Wildman–Crippen LogP) is 0.392. The number of nitrogens with one attached hydrogen (secondary N) is 1. The molecule has 2 N–H and O–H groups in total. The minimum atomic E-state index is -0.753. The summed E-state index contributed by atoms with van der Waals surface area (Å²) in [6.45, 7) is 1.31. The van der Waals surface area contributed by atoms with Gasteiger partial charge in [0, 0.05) is 25.2 Å². The summed E-state index contributed by atoms with van der Waals surface area (Å²) in [4.78, 5) is 22.3. The molecule has 5 nitrogen and oxygen atoms in total. The molecule has 16 heavy (non-hydrogen) atoms. The first kappa shape index (κ1) is 11.4. The molecule has 5 heteroatoms. The number of carbonyl (C=O) groups excluding carboxylic acids is 1. The lowest BCUT2D eigenvalue weighted by Gasteiger charge is -2.34. The average molecular weight is 227 g/mol. The summed E-state index contributed by atoms with van der Waals surface area (Å²) >= 11 is 0. The van der Waals surface area contributed by atoms with Gasteiger partial charge in [-0.1, -0.05) is 0 Å². The normalized spacial score (nSPS) is 30.5. The van der Waals surface area contributed by atoms with Gasteiger partial charge in [-0.2, -0.15) is 0 Å². The van der Waals surface area contributed by atoms with Gasteiger partial charge >= 0.3 is 5.97 Å². The summed E-state index contributed by atoms with van der Waals surface area (Å²) in [6.07, 6.45) is 2.70. The summed E-state index contributed by atoms with van der Waals surface area (Å²) in [6, 6.07) is 0.0662. The van der Waals surface area contributed by atoms with Gasteiger partial charge in [-0.05, 0) is 25.7 Å². The second-order valence-corrected chi connectivity index (χ2v) is 4.60. The number of rotatable bonds is 3. The maximum atomic E-state index is 11.8. The standard InChI is InChI=1S/C11H17NO4/c13-10(7-1-3-16-4-2-7)12-9-5-8(6-9)11(14)15/h7-9H,1-6H2,(H,12,13)(H,14,15). The summed E-state index contributed by atoms with van der Waals surface area (Å²) in [5, 5.41) is 11.6. The second kappa shape index (κ2) is 4.82. The highest BCUT2D eigenvalue weighted by molar-refractivity contribution is 5.79. The third-order valence-electron chi connectivity index (χ3n) is 3.43. The Morgan fingerprint density at radius 2 is 1.75 bits per heavy atom. The van der Waals surface area contributed by atoms with Crippen LogP contribution in [-0.2, 0) is 14.3 Å². The van der Waals surface area contributed by atoms with Gasteiger partial charge in [0.2, 0.25) is 5.91 Å². The smallest absolute Gasteiger partial charge is 0.306 e. The van der Waals surface area contributed by atoms with Crippen LogP contribution in [0.1, 0.15) is 25.7 Å². The van der Waals surface area contributed by atoms with E-state index in [0.717, 1.165) is 12.8 Å². The lowest BCUT2D eigenvalue weighted by atomic mass is 9.80. The van der Waals surface area contributed by atoms with Crippen LogP contribution >= 0.6 is 0 Å². The molecule has 1 aliphatic carbocycles. The van der Waals surface area contributed by atoms with Crippen LogP contribution in [0.15, 0.2) is 0 Å². The SMILES string of the molecule is O=C(O)C1CC(NC(=O)C2CCOCC2)C1. The molecular formula is C11H17NO4. The Bertz CT molecular complexity index is 280. The van der Waals surface area contributed by atoms with E-state index in [4.69, 9.17) is 9.84 Å². The Hall–Kier alpha value is -1.10. The average Bonchev–Trinajstić information content (AvgIpc) is 2.23. The van der Waals surface area contributed by atoms with Crippen LogP contribution in [-0.4, -0.2) is 36.2 Å². The van der Waals surface area contributed by atoms with Gasteiger partial charge in [-0.25, -0.2) is 0 Å². The molecule has 1 heterocycles. The molecule has 0 aromatic heterocycles. The first-order valence-electron chi connectivity index (χ1n) is 5.77. The molecular weight excluding hydrogens is 210 g/mol. The maximum absolute atomic E-state index is 11.8. The van der Waals surface area contributed by atoms with Crippen LogP contribution < -0.4 is 5.32 Å². The molecule has 0 aromatic carbocycles. The topological polar surface area (TPSA) is 75.6 Å². The number of hydrogen-bond donors (Lipinski definition) is 2. The van der Waals surface area contributed by atoms with Crippen LogP contribution in [0.3, 0.4) is 0 Å². The van der Waals surface area contributed by atoms with Gasteiger partial charge in [0.25, 0.3) is 0 Å². The minimum Gasteiger partial charge on any atom is -0.481 e. The van der Waals surface area contributed by atoms with Crippen molar-refractivity contribution in [3.05, 3.63) is 0 Å². The Balaban J connectivity index is 1.70. The quantitative estimate of drug-likeness (QED) is 0.731. The minimum absolute atomic E-state index is 0.0534. The largest absolute Gasteiger partial charge is 0.481 e. The van der Waals surface area contributed by atoms with E-state index in [1.54, 1.807) is 0 Å². The fraction of sp³-hybridized carbons (Fsp3) is 0.818. The lowest BCUT2D eigenvalue weighted by molar-refractivity contribution is -0.146. The van der Waals surface area contributed by atoms with Gasteiger partial charge in [-0.3, -0.25) is 9.59 Å². The molecule has 2 aliphatic rings. The summed E-state index contributed by atoms with van der Waals surface area (Å²) in [5.41, 5.74) is 0. The number of carbonyl (C=O) groups is 2. The third-order valence-corrected chi connectivity index (χ3v) is 3.43. The molecule has 90 valence electrons. The van der Waals surface area contributed by atoms with E-state index in [0.29, 0.717) is 26.1 Å². The van der Waals surface area contributed by atoms with E-state index in [1.807, 2.05) is 0 Å². The van der Waals surface area contributed by atoms with Crippen molar-refractivity contribution >= 4 is 11.9 Å². The predicted molar refractivity (Wildman–Crippen MR) is 55.8 cm³/mol. The zero-order valence-electron chi connectivity index (χ0n) is 9.15. The molecule has 0 atom stereocenters. The number of carboxylic acids is 1. The van der Waals surface area contributed by atoms with Crippen LogP contribution in [0.5, 0.6) is 0 Å². The van der Waals surface area contributed by atoms with Crippen molar-refractivity contribution in [2.24, 2.45) is 11.8 Å². The molecule has 0 bridgehead atoms. The summed E-state index contributed by atoms with van der Waals surface area (Å²) in [7, 11) is 0. The molecule has 0 unspecified atom stereocenters. The lowest BCUT2D eigenvalue weighted by Crippen LogP contribution is -2.49. The molecule has 0 spiro atoms. The monoisotopic (exact) mass is 227 g/mol. The third kappa shape index (κ3) is 2.52. The molecule has 2 fully saturated rings. The highest BCUT2D eigenvalue weighted by Crippen LogP contribution is 2.28. The molecule has 1 saturated carbocycles. The fourth-order valence-electron chi connectivity index (χ4n) is 2.22. The number of hydrogen-bond acceptors (Lipinski definition) is 3. The van der Waals surface area contributed by atoms with Gasteiger partial charge in [0.1, 0.15) is 0 Å². The second-order valence-electron chi connectivity index (χ2n) is 4.60. The Kier molecular flexibility index (Phi) is 3.43. The van der Waals surface area contributed by atoms with Crippen molar-refractivity contribution in [2.45, 2.75) is 31.7 Å². The van der Waals surface area contributed by atoms with Crippen LogP contribution in [0.25, 0.3) is 0 Å². The maximum Gasteiger partial charge on any atom is 0.306 e.